The highest BCUT2D eigenvalue weighted by Crippen LogP contribution is 2.27. The van der Waals surface area contributed by atoms with Crippen LogP contribution in [0.1, 0.15) is 44.9 Å². The molecule has 0 spiro atoms. The highest BCUT2D eigenvalue weighted by Gasteiger charge is 2.38. The van der Waals surface area contributed by atoms with Crippen LogP contribution in [0.3, 0.4) is 0 Å². The molecule has 2 N–H and O–H groups in total. The molecule has 0 amide bonds. The van der Waals surface area contributed by atoms with Crippen molar-refractivity contribution in [2.45, 2.75) is 55.8 Å². The standard InChI is InChI=1S/C12H23NO5S2/c14-12(6-3-1-2-4-7-12)10-13-20(17,18)11-5-8-19(15,16)9-11/h11,13-14H,1-10H2. The van der Waals surface area contributed by atoms with Crippen LogP contribution in [-0.4, -0.2) is 50.8 Å². The third-order valence-corrected chi connectivity index (χ3v) is 8.07. The van der Waals surface area contributed by atoms with E-state index in [0.29, 0.717) is 12.8 Å². The molecule has 0 radical (unpaired) electrons. The Bertz CT molecular complexity index is 532. The summed E-state index contributed by atoms with van der Waals surface area (Å²) in [6.45, 7) is -0.00805. The minimum Gasteiger partial charge on any atom is -0.389 e. The smallest absolute Gasteiger partial charge is 0.215 e. The number of sulfonamides is 1. The van der Waals surface area contributed by atoms with E-state index in [4.69, 9.17) is 0 Å². The number of nitrogens with one attached hydrogen (secondary N) is 1. The number of rotatable bonds is 4. The molecule has 20 heavy (non-hydrogen) atoms. The Kier molecular flexibility index (Phi) is 4.78. The monoisotopic (exact) mass is 325 g/mol. The van der Waals surface area contributed by atoms with Crippen molar-refractivity contribution in [1.29, 1.82) is 0 Å². The SMILES string of the molecule is O=S1(=O)CCC(S(=O)(=O)NCC2(O)CCCCCC2)C1. The first kappa shape index (κ1) is 16.2. The van der Waals surface area contributed by atoms with Crippen LogP contribution in [0, 0.1) is 0 Å². The van der Waals surface area contributed by atoms with Crippen LogP contribution < -0.4 is 4.72 Å². The zero-order chi connectivity index (χ0) is 14.9. The van der Waals surface area contributed by atoms with E-state index in [1.165, 1.54) is 0 Å². The number of hydrogen-bond donors (Lipinski definition) is 2. The molecule has 0 aromatic rings. The summed E-state index contributed by atoms with van der Waals surface area (Å²) in [6, 6.07) is 0. The van der Waals surface area contributed by atoms with Gasteiger partial charge in [-0.15, -0.1) is 0 Å². The molecule has 8 heteroatoms. The molecular weight excluding hydrogens is 302 g/mol. The first-order valence-electron chi connectivity index (χ1n) is 7.14. The summed E-state index contributed by atoms with van der Waals surface area (Å²) in [7, 11) is -6.89. The van der Waals surface area contributed by atoms with Crippen LogP contribution in [-0.2, 0) is 19.9 Å². The van der Waals surface area contributed by atoms with Gasteiger partial charge >= 0.3 is 0 Å². The van der Waals surface area contributed by atoms with E-state index < -0.39 is 30.7 Å². The van der Waals surface area contributed by atoms with Gasteiger partial charge in [-0.2, -0.15) is 0 Å². The van der Waals surface area contributed by atoms with Crippen LogP contribution in [0.25, 0.3) is 0 Å². The van der Waals surface area contributed by atoms with Gasteiger partial charge in [-0.05, 0) is 19.3 Å². The maximum absolute atomic E-state index is 12.1. The maximum Gasteiger partial charge on any atom is 0.215 e. The molecule has 2 rings (SSSR count). The Balaban J connectivity index is 1.95. The van der Waals surface area contributed by atoms with Crippen LogP contribution in [0.5, 0.6) is 0 Å². The Hall–Kier alpha value is -0.180. The second-order valence-corrected chi connectivity index (χ2v) is 10.3. The van der Waals surface area contributed by atoms with Gasteiger partial charge in [0.25, 0.3) is 0 Å². The van der Waals surface area contributed by atoms with E-state index in [2.05, 4.69) is 4.72 Å². The van der Waals surface area contributed by atoms with Gasteiger partial charge in [0.1, 0.15) is 0 Å². The van der Waals surface area contributed by atoms with E-state index in [9.17, 15) is 21.9 Å². The summed E-state index contributed by atoms with van der Waals surface area (Å²) in [4.78, 5) is 0. The fraction of sp³-hybridized carbons (Fsp3) is 1.00. The second kappa shape index (κ2) is 5.90. The highest BCUT2D eigenvalue weighted by molar-refractivity contribution is 7.95. The van der Waals surface area contributed by atoms with Crippen LogP contribution >= 0.6 is 0 Å². The summed E-state index contributed by atoms with van der Waals surface area (Å²) in [5.74, 6) is -0.371. The molecule has 0 bridgehead atoms. The van der Waals surface area contributed by atoms with Gasteiger partial charge in [0, 0.05) is 6.54 Å². The lowest BCUT2D eigenvalue weighted by molar-refractivity contribution is 0.0302. The van der Waals surface area contributed by atoms with E-state index in [-0.39, 0.29) is 24.5 Å². The minimum atomic E-state index is -3.67. The number of aliphatic hydroxyl groups is 1. The zero-order valence-electron chi connectivity index (χ0n) is 11.5. The average Bonchev–Trinajstić information content (AvgIpc) is 2.59. The summed E-state index contributed by atoms with van der Waals surface area (Å²) in [5.41, 5.74) is -0.985. The highest BCUT2D eigenvalue weighted by atomic mass is 32.2. The predicted octanol–water partition coefficient (Wildman–Crippen LogP) is 0.178. The fourth-order valence-corrected chi connectivity index (χ4v) is 7.09. The topological polar surface area (TPSA) is 101 Å². The molecular formula is C12H23NO5S2. The lowest BCUT2D eigenvalue weighted by atomic mass is 9.95. The molecule has 118 valence electrons. The van der Waals surface area contributed by atoms with Crippen molar-refractivity contribution in [3.05, 3.63) is 0 Å². The number of hydrogen-bond acceptors (Lipinski definition) is 5. The van der Waals surface area contributed by atoms with Gasteiger partial charge in [0.15, 0.2) is 9.84 Å². The lowest BCUT2D eigenvalue weighted by Crippen LogP contribution is -2.45. The molecule has 0 aromatic carbocycles. The summed E-state index contributed by atoms with van der Waals surface area (Å²) < 4.78 is 49.4. The van der Waals surface area contributed by atoms with Crippen LogP contribution in [0.2, 0.25) is 0 Å². The molecule has 1 heterocycles. The van der Waals surface area contributed by atoms with Gasteiger partial charge in [0.2, 0.25) is 10.0 Å². The van der Waals surface area contributed by atoms with Crippen molar-refractivity contribution < 1.29 is 21.9 Å². The normalized spacial score (nSPS) is 29.9. The van der Waals surface area contributed by atoms with Gasteiger partial charge in [-0.3, -0.25) is 0 Å². The molecule has 2 aliphatic rings. The van der Waals surface area contributed by atoms with Crippen molar-refractivity contribution in [2.24, 2.45) is 0 Å². The van der Waals surface area contributed by atoms with Crippen molar-refractivity contribution in [3.63, 3.8) is 0 Å². The van der Waals surface area contributed by atoms with Gasteiger partial charge in [-0.1, -0.05) is 25.7 Å². The molecule has 6 nitrogen and oxygen atoms in total. The first-order chi connectivity index (χ1) is 9.23. The van der Waals surface area contributed by atoms with Gasteiger partial charge in [0.05, 0.1) is 22.4 Å². The average molecular weight is 325 g/mol. The Labute approximate surface area is 120 Å². The van der Waals surface area contributed by atoms with E-state index in [1.54, 1.807) is 0 Å². The molecule has 1 atom stereocenters. The first-order valence-corrected chi connectivity index (χ1v) is 10.5. The molecule has 1 unspecified atom stereocenters. The third-order valence-electron chi connectivity index (χ3n) is 4.27. The molecule has 1 aliphatic carbocycles. The van der Waals surface area contributed by atoms with Crippen LogP contribution in [0.15, 0.2) is 0 Å². The van der Waals surface area contributed by atoms with Gasteiger partial charge in [-0.25, -0.2) is 21.6 Å². The summed E-state index contributed by atoms with van der Waals surface area (Å²) in [6.07, 6.45) is 5.27. The van der Waals surface area contributed by atoms with Crippen LogP contribution in [0.4, 0.5) is 0 Å². The zero-order valence-corrected chi connectivity index (χ0v) is 13.2. The fourth-order valence-electron chi connectivity index (χ4n) is 2.92. The molecule has 1 aliphatic heterocycles. The lowest BCUT2D eigenvalue weighted by Gasteiger charge is -2.27. The Morgan fingerprint density at radius 1 is 1.15 bits per heavy atom. The Morgan fingerprint density at radius 2 is 1.75 bits per heavy atom. The molecule has 2 fully saturated rings. The summed E-state index contributed by atoms with van der Waals surface area (Å²) in [5, 5.41) is 9.54. The quantitative estimate of drug-likeness (QED) is 0.718. The van der Waals surface area contributed by atoms with Crippen molar-refractivity contribution >= 4 is 19.9 Å². The van der Waals surface area contributed by atoms with Gasteiger partial charge < -0.3 is 5.11 Å². The second-order valence-electron chi connectivity index (χ2n) is 6.03. The van der Waals surface area contributed by atoms with E-state index in [0.717, 1.165) is 25.7 Å². The van der Waals surface area contributed by atoms with E-state index >= 15 is 0 Å². The number of sulfone groups is 1. The maximum atomic E-state index is 12.1. The summed E-state index contributed by atoms with van der Waals surface area (Å²) >= 11 is 0. The molecule has 1 saturated carbocycles. The largest absolute Gasteiger partial charge is 0.389 e. The van der Waals surface area contributed by atoms with Crippen molar-refractivity contribution in [3.8, 4) is 0 Å². The molecule has 1 saturated heterocycles. The van der Waals surface area contributed by atoms with E-state index in [1.807, 2.05) is 0 Å². The molecule has 0 aromatic heterocycles. The van der Waals surface area contributed by atoms with Crippen molar-refractivity contribution in [1.82, 2.24) is 4.72 Å². The third kappa shape index (κ3) is 4.16. The predicted molar refractivity (Wildman–Crippen MR) is 76.6 cm³/mol. The Morgan fingerprint density at radius 3 is 2.25 bits per heavy atom. The van der Waals surface area contributed by atoms with Crippen molar-refractivity contribution in [2.75, 3.05) is 18.1 Å². The minimum absolute atomic E-state index is 0.00805.